The second kappa shape index (κ2) is 7.43. The highest BCUT2D eigenvalue weighted by molar-refractivity contribution is 5.84. The highest BCUT2D eigenvalue weighted by Gasteiger charge is 2.20. The Kier molecular flexibility index (Phi) is 7.04. The van der Waals surface area contributed by atoms with Crippen LogP contribution in [0.4, 0.5) is 0 Å². The lowest BCUT2D eigenvalue weighted by Crippen LogP contribution is -2.30. The summed E-state index contributed by atoms with van der Waals surface area (Å²) in [6, 6.07) is 0. The number of Topliss-reactive ketones (excluding diaryl/α,β-unsaturated/α-hetero) is 1. The molecule has 4 heteroatoms. The van der Waals surface area contributed by atoms with Crippen LogP contribution < -0.4 is 5.32 Å². The van der Waals surface area contributed by atoms with Gasteiger partial charge in [-0.1, -0.05) is 34.6 Å². The molecule has 0 aromatic rings. The van der Waals surface area contributed by atoms with Crippen LogP contribution in [0.2, 0.25) is 0 Å². The van der Waals surface area contributed by atoms with Gasteiger partial charge in [-0.05, 0) is 5.92 Å². The molecule has 0 spiro atoms. The molecule has 0 aliphatic rings. The fourth-order valence-electron chi connectivity index (χ4n) is 1.09. The number of rotatable bonds is 7. The molecule has 0 aliphatic heterocycles. The average Bonchev–Trinajstić information content (AvgIpc) is 2.14. The van der Waals surface area contributed by atoms with Crippen LogP contribution >= 0.6 is 0 Å². The number of carbonyl (C=O) groups is 2. The van der Waals surface area contributed by atoms with E-state index in [9.17, 15) is 9.59 Å². The maximum atomic E-state index is 11.5. The molecule has 0 bridgehead atoms. The van der Waals surface area contributed by atoms with Gasteiger partial charge < -0.3 is 10.1 Å². The van der Waals surface area contributed by atoms with Crippen molar-refractivity contribution < 1.29 is 14.3 Å². The van der Waals surface area contributed by atoms with Crippen molar-refractivity contribution in [2.75, 3.05) is 19.8 Å². The molecule has 100 valence electrons. The van der Waals surface area contributed by atoms with Crippen molar-refractivity contribution in [1.29, 1.82) is 0 Å². The second-order valence-corrected chi connectivity index (χ2v) is 5.67. The van der Waals surface area contributed by atoms with Crippen LogP contribution in [-0.4, -0.2) is 31.4 Å². The molecule has 0 saturated heterocycles. The molecule has 0 aromatic heterocycles. The van der Waals surface area contributed by atoms with Gasteiger partial charge in [0.2, 0.25) is 5.91 Å². The molecular weight excluding hydrogens is 218 g/mol. The molecule has 4 nitrogen and oxygen atoms in total. The minimum Gasteiger partial charge on any atom is -0.372 e. The van der Waals surface area contributed by atoms with Crippen LogP contribution in [0.3, 0.4) is 0 Å². The van der Waals surface area contributed by atoms with Crippen molar-refractivity contribution in [2.24, 2.45) is 11.3 Å². The van der Waals surface area contributed by atoms with Crippen molar-refractivity contribution in [3.63, 3.8) is 0 Å². The van der Waals surface area contributed by atoms with E-state index in [0.717, 1.165) is 0 Å². The van der Waals surface area contributed by atoms with E-state index < -0.39 is 0 Å². The van der Waals surface area contributed by atoms with Crippen molar-refractivity contribution in [2.45, 2.75) is 41.0 Å². The lowest BCUT2D eigenvalue weighted by molar-refractivity contribution is -0.131. The molecule has 0 aliphatic carbocycles. The van der Waals surface area contributed by atoms with Gasteiger partial charge in [-0.3, -0.25) is 9.59 Å². The summed E-state index contributed by atoms with van der Waals surface area (Å²) in [5.41, 5.74) is -0.360. The van der Waals surface area contributed by atoms with Crippen molar-refractivity contribution in [1.82, 2.24) is 5.32 Å². The first-order valence-electron chi connectivity index (χ1n) is 6.11. The number of ketones is 1. The quantitative estimate of drug-likeness (QED) is 0.693. The third kappa shape index (κ3) is 8.86. The smallest absolute Gasteiger partial charge is 0.220 e. The normalized spacial score (nSPS) is 11.6. The summed E-state index contributed by atoms with van der Waals surface area (Å²) >= 11 is 0. The Bertz CT molecular complexity index is 254. The Morgan fingerprint density at radius 1 is 1.24 bits per heavy atom. The Labute approximate surface area is 104 Å². The standard InChI is InChI=1S/C13H25NO3/c1-10(2)8-12(16)14-6-7-17-9-11(15)13(3,4)5/h10H,6-9H2,1-5H3,(H,14,16). The van der Waals surface area contributed by atoms with Gasteiger partial charge in [0.25, 0.3) is 0 Å². The Morgan fingerprint density at radius 3 is 2.29 bits per heavy atom. The highest BCUT2D eigenvalue weighted by Crippen LogP contribution is 2.14. The lowest BCUT2D eigenvalue weighted by atomic mass is 9.91. The number of amides is 1. The number of ether oxygens (including phenoxy) is 1. The van der Waals surface area contributed by atoms with Gasteiger partial charge in [-0.2, -0.15) is 0 Å². The minimum absolute atomic E-state index is 0.0331. The first-order chi connectivity index (χ1) is 7.73. The fourth-order valence-corrected chi connectivity index (χ4v) is 1.09. The molecule has 0 unspecified atom stereocenters. The summed E-state index contributed by atoms with van der Waals surface area (Å²) in [6.45, 7) is 10.5. The van der Waals surface area contributed by atoms with E-state index >= 15 is 0 Å². The predicted molar refractivity (Wildman–Crippen MR) is 67.7 cm³/mol. The summed E-state index contributed by atoms with van der Waals surface area (Å²) in [5, 5.41) is 2.75. The van der Waals surface area contributed by atoms with Crippen LogP contribution in [0.25, 0.3) is 0 Å². The van der Waals surface area contributed by atoms with Gasteiger partial charge in [-0.15, -0.1) is 0 Å². The molecule has 0 fully saturated rings. The van der Waals surface area contributed by atoms with Gasteiger partial charge in [0.15, 0.2) is 5.78 Å². The number of carbonyl (C=O) groups excluding carboxylic acids is 2. The van der Waals surface area contributed by atoms with E-state index in [4.69, 9.17) is 4.74 Å². The van der Waals surface area contributed by atoms with Crippen LogP contribution in [-0.2, 0) is 14.3 Å². The molecule has 1 amide bonds. The first-order valence-corrected chi connectivity index (χ1v) is 6.11. The van der Waals surface area contributed by atoms with Gasteiger partial charge in [0.05, 0.1) is 6.61 Å². The zero-order valence-electron chi connectivity index (χ0n) is 11.6. The minimum atomic E-state index is -0.360. The molecule has 0 saturated carbocycles. The zero-order valence-corrected chi connectivity index (χ0v) is 11.6. The Balaban J connectivity index is 3.54. The summed E-state index contributed by atoms with van der Waals surface area (Å²) in [4.78, 5) is 22.8. The summed E-state index contributed by atoms with van der Waals surface area (Å²) < 4.78 is 5.21. The molecule has 0 radical (unpaired) electrons. The molecule has 0 heterocycles. The summed E-state index contributed by atoms with van der Waals surface area (Å²) in [5.74, 6) is 0.468. The Morgan fingerprint density at radius 2 is 1.82 bits per heavy atom. The molecular formula is C13H25NO3. The fraction of sp³-hybridized carbons (Fsp3) is 0.846. The van der Waals surface area contributed by atoms with Crippen LogP contribution in [0.5, 0.6) is 0 Å². The highest BCUT2D eigenvalue weighted by atomic mass is 16.5. The SMILES string of the molecule is CC(C)CC(=O)NCCOCC(=O)C(C)(C)C. The number of hydrogen-bond acceptors (Lipinski definition) is 3. The van der Waals surface area contributed by atoms with E-state index in [0.29, 0.717) is 25.5 Å². The van der Waals surface area contributed by atoms with Crippen molar-refractivity contribution >= 4 is 11.7 Å². The predicted octanol–water partition coefficient (Wildman–Crippen LogP) is 1.78. The van der Waals surface area contributed by atoms with E-state index in [2.05, 4.69) is 5.32 Å². The van der Waals surface area contributed by atoms with Gasteiger partial charge in [0, 0.05) is 18.4 Å². The van der Waals surface area contributed by atoms with E-state index in [-0.39, 0.29) is 23.7 Å². The topological polar surface area (TPSA) is 55.4 Å². The largest absolute Gasteiger partial charge is 0.372 e. The van der Waals surface area contributed by atoms with Crippen LogP contribution in [0.1, 0.15) is 41.0 Å². The second-order valence-electron chi connectivity index (χ2n) is 5.67. The summed E-state index contributed by atoms with van der Waals surface area (Å²) in [7, 11) is 0. The third-order valence-corrected chi connectivity index (χ3v) is 2.23. The molecule has 0 rings (SSSR count). The van der Waals surface area contributed by atoms with Crippen molar-refractivity contribution in [3.8, 4) is 0 Å². The molecule has 17 heavy (non-hydrogen) atoms. The van der Waals surface area contributed by atoms with E-state index in [1.54, 1.807) is 0 Å². The monoisotopic (exact) mass is 243 g/mol. The number of nitrogens with one attached hydrogen (secondary N) is 1. The van der Waals surface area contributed by atoms with Gasteiger partial charge in [0.1, 0.15) is 6.61 Å². The van der Waals surface area contributed by atoms with E-state index in [1.807, 2.05) is 34.6 Å². The number of hydrogen-bond donors (Lipinski definition) is 1. The molecule has 0 atom stereocenters. The lowest BCUT2D eigenvalue weighted by Gasteiger charge is -2.16. The molecule has 1 N–H and O–H groups in total. The van der Waals surface area contributed by atoms with E-state index in [1.165, 1.54) is 0 Å². The maximum Gasteiger partial charge on any atom is 0.220 e. The maximum absolute atomic E-state index is 11.5. The third-order valence-electron chi connectivity index (χ3n) is 2.23. The van der Waals surface area contributed by atoms with Crippen LogP contribution in [0, 0.1) is 11.3 Å². The first kappa shape index (κ1) is 16.1. The molecule has 0 aromatic carbocycles. The summed E-state index contributed by atoms with van der Waals surface area (Å²) in [6.07, 6.45) is 0.529. The Hall–Kier alpha value is -0.900. The van der Waals surface area contributed by atoms with Crippen LogP contribution in [0.15, 0.2) is 0 Å². The zero-order chi connectivity index (χ0) is 13.5. The average molecular weight is 243 g/mol. The van der Waals surface area contributed by atoms with Crippen molar-refractivity contribution in [3.05, 3.63) is 0 Å². The van der Waals surface area contributed by atoms with Gasteiger partial charge in [-0.25, -0.2) is 0 Å². The van der Waals surface area contributed by atoms with Gasteiger partial charge >= 0.3 is 0 Å².